The Morgan fingerprint density at radius 1 is 1.28 bits per heavy atom. The topological polar surface area (TPSA) is 76.7 Å². The summed E-state index contributed by atoms with van der Waals surface area (Å²) in [7, 11) is 0. The van der Waals surface area contributed by atoms with Gasteiger partial charge in [-0.15, -0.1) is 0 Å². The first kappa shape index (κ1) is 11.1. The molecule has 0 atom stereocenters. The van der Waals surface area contributed by atoms with E-state index in [2.05, 4.69) is 24.6 Å². The monoisotopic (exact) mass is 261 g/mol. The van der Waals surface area contributed by atoms with Crippen molar-refractivity contribution >= 4 is 27.6 Å². The molecule has 0 unspecified atom stereocenters. The third-order valence-corrected chi connectivity index (χ3v) is 3.37. The lowest BCUT2D eigenvalue weighted by Gasteiger charge is -2.03. The van der Waals surface area contributed by atoms with Gasteiger partial charge in [-0.25, -0.2) is 15.0 Å². The fourth-order valence-electron chi connectivity index (χ4n) is 1.70. The number of fused-ring (bicyclic) bond motifs is 1. The van der Waals surface area contributed by atoms with Gasteiger partial charge in [-0.05, 0) is 25.4 Å². The number of oxazole rings is 1. The Morgan fingerprint density at radius 2 is 2.17 bits per heavy atom. The normalized spacial score (nSPS) is 11.0. The summed E-state index contributed by atoms with van der Waals surface area (Å²) >= 11 is 1.37. The summed E-state index contributed by atoms with van der Waals surface area (Å²) in [5.41, 5.74) is 0.932. The van der Waals surface area contributed by atoms with Gasteiger partial charge in [0, 0.05) is 0 Å². The van der Waals surface area contributed by atoms with Crippen molar-refractivity contribution in [1.29, 1.82) is 0 Å². The van der Waals surface area contributed by atoms with E-state index in [9.17, 15) is 0 Å². The first-order valence-electron chi connectivity index (χ1n) is 5.46. The molecule has 0 aliphatic rings. The van der Waals surface area contributed by atoms with Gasteiger partial charge in [0.1, 0.15) is 22.7 Å². The second kappa shape index (κ2) is 4.34. The highest BCUT2D eigenvalue weighted by molar-refractivity contribution is 7.13. The molecule has 6 nitrogen and oxygen atoms in total. The van der Waals surface area contributed by atoms with Crippen molar-refractivity contribution in [2.45, 2.75) is 20.4 Å². The van der Waals surface area contributed by atoms with E-state index in [1.165, 1.54) is 17.9 Å². The molecule has 0 spiro atoms. The van der Waals surface area contributed by atoms with Gasteiger partial charge < -0.3 is 9.73 Å². The van der Waals surface area contributed by atoms with Crippen LogP contribution < -0.4 is 5.32 Å². The summed E-state index contributed by atoms with van der Waals surface area (Å²) in [4.78, 5) is 13.4. The van der Waals surface area contributed by atoms with Crippen LogP contribution in [0, 0.1) is 13.8 Å². The Labute approximate surface area is 107 Å². The minimum Gasteiger partial charge on any atom is -0.444 e. The van der Waals surface area contributed by atoms with E-state index >= 15 is 0 Å². The van der Waals surface area contributed by atoms with Gasteiger partial charge in [0.2, 0.25) is 5.89 Å². The van der Waals surface area contributed by atoms with E-state index in [1.54, 1.807) is 6.20 Å². The van der Waals surface area contributed by atoms with Crippen LogP contribution in [0.4, 0.5) is 5.82 Å². The molecule has 92 valence electrons. The number of rotatable bonds is 3. The molecule has 3 rings (SSSR count). The molecule has 0 bridgehead atoms. The highest BCUT2D eigenvalue weighted by Gasteiger charge is 2.10. The second-order valence-electron chi connectivity index (χ2n) is 3.89. The number of aromatic nitrogens is 4. The maximum atomic E-state index is 5.40. The molecule has 0 aliphatic heterocycles. The number of hydrogen-bond acceptors (Lipinski definition) is 7. The summed E-state index contributed by atoms with van der Waals surface area (Å²) in [6.07, 6.45) is 3.23. The Kier molecular flexibility index (Phi) is 2.67. The van der Waals surface area contributed by atoms with E-state index in [-0.39, 0.29) is 0 Å². The van der Waals surface area contributed by atoms with Crippen molar-refractivity contribution in [2.24, 2.45) is 0 Å². The SMILES string of the molecule is Cc1cnc(CNc2ncnc3snc(C)c23)o1. The zero-order chi connectivity index (χ0) is 12.5. The molecule has 18 heavy (non-hydrogen) atoms. The molecule has 0 saturated heterocycles. The van der Waals surface area contributed by atoms with Gasteiger partial charge in [-0.2, -0.15) is 4.37 Å². The molecule has 0 radical (unpaired) electrons. The van der Waals surface area contributed by atoms with E-state index in [4.69, 9.17) is 4.42 Å². The van der Waals surface area contributed by atoms with Crippen LogP contribution in [0.2, 0.25) is 0 Å². The molecule has 1 N–H and O–H groups in total. The third-order valence-electron chi connectivity index (χ3n) is 2.52. The van der Waals surface area contributed by atoms with Gasteiger partial charge in [0.25, 0.3) is 0 Å². The fourth-order valence-corrected chi connectivity index (χ4v) is 2.44. The minimum atomic E-state index is 0.495. The maximum Gasteiger partial charge on any atom is 0.213 e. The molecule has 0 fully saturated rings. The molecule has 0 saturated carbocycles. The number of aryl methyl sites for hydroxylation is 2. The molecule has 0 aliphatic carbocycles. The number of hydrogen-bond donors (Lipinski definition) is 1. The van der Waals surface area contributed by atoms with Crippen LogP contribution in [0.3, 0.4) is 0 Å². The molecule has 3 heterocycles. The van der Waals surface area contributed by atoms with Crippen molar-refractivity contribution in [1.82, 2.24) is 19.3 Å². The van der Waals surface area contributed by atoms with E-state index < -0.39 is 0 Å². The summed E-state index contributed by atoms with van der Waals surface area (Å²) in [5, 5.41) is 4.17. The first-order chi connectivity index (χ1) is 8.74. The maximum absolute atomic E-state index is 5.40. The molecule has 0 aromatic carbocycles. The van der Waals surface area contributed by atoms with E-state index in [0.717, 1.165) is 27.5 Å². The number of anilines is 1. The number of nitrogens with one attached hydrogen (secondary N) is 1. The van der Waals surface area contributed by atoms with Gasteiger partial charge in [-0.3, -0.25) is 0 Å². The Morgan fingerprint density at radius 3 is 2.94 bits per heavy atom. The van der Waals surface area contributed by atoms with Gasteiger partial charge in [-0.1, -0.05) is 0 Å². The molecule has 3 aromatic rings. The Bertz CT molecular complexity index is 690. The summed E-state index contributed by atoms with van der Waals surface area (Å²) in [6, 6.07) is 0. The smallest absolute Gasteiger partial charge is 0.213 e. The summed E-state index contributed by atoms with van der Waals surface area (Å²) in [6.45, 7) is 4.31. The molecule has 7 heteroatoms. The van der Waals surface area contributed by atoms with Crippen LogP contribution in [-0.2, 0) is 6.54 Å². The average molecular weight is 261 g/mol. The van der Waals surface area contributed by atoms with Crippen LogP contribution in [0.25, 0.3) is 10.2 Å². The Balaban J connectivity index is 1.88. The van der Waals surface area contributed by atoms with E-state index in [1.807, 2.05) is 13.8 Å². The summed E-state index contributed by atoms with van der Waals surface area (Å²) < 4.78 is 9.67. The molecule has 0 amide bonds. The van der Waals surface area contributed by atoms with Crippen LogP contribution in [0.5, 0.6) is 0 Å². The third kappa shape index (κ3) is 1.92. The highest BCUT2D eigenvalue weighted by atomic mass is 32.1. The average Bonchev–Trinajstić information content (AvgIpc) is 2.94. The predicted octanol–water partition coefficient (Wildman–Crippen LogP) is 2.30. The second-order valence-corrected chi connectivity index (χ2v) is 4.64. The first-order valence-corrected chi connectivity index (χ1v) is 6.23. The fraction of sp³-hybridized carbons (Fsp3) is 0.273. The Hall–Kier alpha value is -2.02. The highest BCUT2D eigenvalue weighted by Crippen LogP contribution is 2.25. The lowest BCUT2D eigenvalue weighted by atomic mass is 10.3. The lowest BCUT2D eigenvalue weighted by molar-refractivity contribution is 0.479. The van der Waals surface area contributed by atoms with E-state index in [0.29, 0.717) is 12.4 Å². The largest absolute Gasteiger partial charge is 0.444 e. The standard InChI is InChI=1S/C11H11N5OS/c1-6-3-12-8(17-6)4-13-10-9-7(2)16-18-11(9)15-5-14-10/h3,5H,4H2,1-2H3,(H,13,14,15). The molecular formula is C11H11N5OS. The van der Waals surface area contributed by atoms with Gasteiger partial charge in [0.15, 0.2) is 0 Å². The van der Waals surface area contributed by atoms with Crippen LogP contribution in [-0.4, -0.2) is 19.3 Å². The van der Waals surface area contributed by atoms with Crippen molar-refractivity contribution in [3.05, 3.63) is 29.9 Å². The van der Waals surface area contributed by atoms with Gasteiger partial charge >= 0.3 is 0 Å². The zero-order valence-electron chi connectivity index (χ0n) is 9.97. The minimum absolute atomic E-state index is 0.495. The predicted molar refractivity (Wildman–Crippen MR) is 68.5 cm³/mol. The van der Waals surface area contributed by atoms with Crippen LogP contribution in [0.1, 0.15) is 17.3 Å². The zero-order valence-corrected chi connectivity index (χ0v) is 10.8. The summed E-state index contributed by atoms with van der Waals surface area (Å²) in [5.74, 6) is 2.20. The van der Waals surface area contributed by atoms with Crippen molar-refractivity contribution < 1.29 is 4.42 Å². The molecule has 3 aromatic heterocycles. The lowest BCUT2D eigenvalue weighted by Crippen LogP contribution is -2.02. The number of nitrogens with zero attached hydrogens (tertiary/aromatic N) is 4. The van der Waals surface area contributed by atoms with Crippen LogP contribution >= 0.6 is 11.5 Å². The van der Waals surface area contributed by atoms with Crippen molar-refractivity contribution in [3.63, 3.8) is 0 Å². The van der Waals surface area contributed by atoms with Crippen LogP contribution in [0.15, 0.2) is 16.9 Å². The van der Waals surface area contributed by atoms with Crippen molar-refractivity contribution in [3.8, 4) is 0 Å². The van der Waals surface area contributed by atoms with Crippen molar-refractivity contribution in [2.75, 3.05) is 5.32 Å². The van der Waals surface area contributed by atoms with Gasteiger partial charge in [0.05, 0.1) is 23.8 Å². The molecular weight excluding hydrogens is 250 g/mol. The quantitative estimate of drug-likeness (QED) is 0.779.